The van der Waals surface area contributed by atoms with E-state index in [9.17, 15) is 9.59 Å². The number of carbonyl (C=O) groups is 2. The van der Waals surface area contributed by atoms with Crippen LogP contribution in [0.2, 0.25) is 0 Å². The highest BCUT2D eigenvalue weighted by atomic mass is 16.5. The van der Waals surface area contributed by atoms with Crippen LogP contribution in [0, 0.1) is 0 Å². The van der Waals surface area contributed by atoms with Crippen LogP contribution in [0.4, 0.5) is 5.82 Å². The van der Waals surface area contributed by atoms with Gasteiger partial charge >= 0.3 is 0 Å². The van der Waals surface area contributed by atoms with Gasteiger partial charge in [-0.1, -0.05) is 6.92 Å². The summed E-state index contributed by atoms with van der Waals surface area (Å²) in [5.41, 5.74) is 0. The van der Waals surface area contributed by atoms with Gasteiger partial charge in [-0.3, -0.25) is 14.5 Å². The number of likely N-dealkylation sites (tertiary alicyclic amines) is 1. The predicted octanol–water partition coefficient (Wildman–Crippen LogP) is 1.60. The fraction of sp³-hybridized carbons (Fsp3) is 0.562. The highest BCUT2D eigenvalue weighted by Crippen LogP contribution is 2.29. The van der Waals surface area contributed by atoms with E-state index in [1.807, 2.05) is 4.90 Å². The van der Waals surface area contributed by atoms with Gasteiger partial charge in [0.05, 0.1) is 0 Å². The summed E-state index contributed by atoms with van der Waals surface area (Å²) in [6.45, 7) is 2.89. The first-order valence-corrected chi connectivity index (χ1v) is 7.88. The zero-order valence-corrected chi connectivity index (χ0v) is 12.8. The molecular weight excluding hydrogens is 282 g/mol. The third-order valence-corrected chi connectivity index (χ3v) is 4.37. The van der Waals surface area contributed by atoms with Crippen LogP contribution in [0.15, 0.2) is 18.3 Å². The maximum atomic E-state index is 12.7. The molecular formula is C16H21N3O3. The second-order valence-corrected chi connectivity index (χ2v) is 5.74. The Bertz CT molecular complexity index is 576. The molecule has 0 saturated carbocycles. The fourth-order valence-electron chi connectivity index (χ4n) is 3.18. The molecule has 0 aromatic carbocycles. The number of aromatic nitrogens is 1. The molecule has 118 valence electrons. The van der Waals surface area contributed by atoms with E-state index in [2.05, 4.69) is 11.9 Å². The number of hydrogen-bond donors (Lipinski definition) is 0. The minimum absolute atomic E-state index is 0.00148. The zero-order chi connectivity index (χ0) is 15.5. The molecule has 1 unspecified atom stereocenters. The quantitative estimate of drug-likeness (QED) is 0.851. The summed E-state index contributed by atoms with van der Waals surface area (Å²) in [5, 5.41) is 0. The van der Waals surface area contributed by atoms with E-state index < -0.39 is 0 Å². The van der Waals surface area contributed by atoms with Crippen LogP contribution in [-0.4, -0.2) is 47.4 Å². The van der Waals surface area contributed by atoms with E-state index in [0.717, 1.165) is 25.8 Å². The first-order chi connectivity index (χ1) is 10.7. The number of piperidine rings is 1. The van der Waals surface area contributed by atoms with Crippen LogP contribution < -0.4 is 9.64 Å². The number of nitrogens with zero attached hydrogens (tertiary/aromatic N) is 3. The maximum Gasteiger partial charge on any atom is 0.266 e. The summed E-state index contributed by atoms with van der Waals surface area (Å²) in [5.74, 6) is 0.778. The van der Waals surface area contributed by atoms with Crippen LogP contribution in [-0.2, 0) is 9.59 Å². The van der Waals surface area contributed by atoms with Gasteiger partial charge < -0.3 is 9.64 Å². The lowest BCUT2D eigenvalue weighted by Crippen LogP contribution is -2.50. The Kier molecular flexibility index (Phi) is 4.27. The number of hydrogen-bond acceptors (Lipinski definition) is 4. The molecule has 6 nitrogen and oxygen atoms in total. The van der Waals surface area contributed by atoms with E-state index in [0.29, 0.717) is 17.6 Å². The lowest BCUT2D eigenvalue weighted by Gasteiger charge is -2.37. The Hall–Kier alpha value is -2.11. The summed E-state index contributed by atoms with van der Waals surface area (Å²) in [6.07, 6.45) is 5.82. The van der Waals surface area contributed by atoms with E-state index >= 15 is 0 Å². The molecule has 0 bridgehead atoms. The average Bonchev–Trinajstić information content (AvgIpc) is 2.57. The minimum atomic E-state index is -0.218. The van der Waals surface area contributed by atoms with Gasteiger partial charge in [-0.15, -0.1) is 0 Å². The van der Waals surface area contributed by atoms with Crippen molar-refractivity contribution in [1.82, 2.24) is 9.88 Å². The Morgan fingerprint density at radius 2 is 2.32 bits per heavy atom. The van der Waals surface area contributed by atoms with Gasteiger partial charge in [-0.2, -0.15) is 0 Å². The van der Waals surface area contributed by atoms with Crippen molar-refractivity contribution in [2.75, 3.05) is 24.6 Å². The molecule has 1 aromatic heterocycles. The lowest BCUT2D eigenvalue weighted by molar-refractivity contribution is -0.135. The van der Waals surface area contributed by atoms with Crippen molar-refractivity contribution in [3.8, 4) is 5.75 Å². The number of pyridine rings is 1. The molecule has 1 aromatic rings. The molecule has 3 heterocycles. The minimum Gasteiger partial charge on any atom is -0.480 e. The van der Waals surface area contributed by atoms with Crippen molar-refractivity contribution in [2.45, 2.75) is 38.6 Å². The normalized spacial score (nSPS) is 21.3. The summed E-state index contributed by atoms with van der Waals surface area (Å²) in [4.78, 5) is 32.3. The van der Waals surface area contributed by atoms with E-state index in [4.69, 9.17) is 4.74 Å². The smallest absolute Gasteiger partial charge is 0.266 e. The Balaban J connectivity index is 1.77. The Labute approximate surface area is 130 Å². The molecule has 1 fully saturated rings. The largest absolute Gasteiger partial charge is 0.480 e. The molecule has 22 heavy (non-hydrogen) atoms. The third kappa shape index (κ3) is 2.77. The van der Waals surface area contributed by atoms with Gasteiger partial charge in [0, 0.05) is 18.8 Å². The summed E-state index contributed by atoms with van der Waals surface area (Å²) in [7, 11) is 0. The van der Waals surface area contributed by atoms with Crippen molar-refractivity contribution < 1.29 is 14.3 Å². The third-order valence-electron chi connectivity index (χ3n) is 4.37. The summed E-state index contributed by atoms with van der Waals surface area (Å²) >= 11 is 0. The number of ether oxygens (including phenoxy) is 1. The van der Waals surface area contributed by atoms with Crippen LogP contribution >= 0.6 is 0 Å². The van der Waals surface area contributed by atoms with Gasteiger partial charge in [0.15, 0.2) is 18.2 Å². The summed E-state index contributed by atoms with van der Waals surface area (Å²) in [6, 6.07) is 3.81. The molecule has 2 amide bonds. The van der Waals surface area contributed by atoms with Crippen LogP contribution in [0.3, 0.4) is 0 Å². The Morgan fingerprint density at radius 3 is 3.14 bits per heavy atom. The molecule has 0 aliphatic carbocycles. The number of amides is 2. The zero-order valence-electron chi connectivity index (χ0n) is 12.8. The number of anilines is 1. The number of fused-ring (bicyclic) bond motifs is 1. The van der Waals surface area contributed by atoms with Gasteiger partial charge in [0.2, 0.25) is 5.91 Å². The summed E-state index contributed by atoms with van der Waals surface area (Å²) < 4.78 is 5.36. The van der Waals surface area contributed by atoms with Gasteiger partial charge in [0.1, 0.15) is 6.54 Å². The van der Waals surface area contributed by atoms with E-state index in [1.165, 1.54) is 11.3 Å². The van der Waals surface area contributed by atoms with Crippen molar-refractivity contribution in [3.63, 3.8) is 0 Å². The monoisotopic (exact) mass is 303 g/mol. The van der Waals surface area contributed by atoms with Crippen LogP contribution in [0.5, 0.6) is 5.75 Å². The van der Waals surface area contributed by atoms with E-state index in [1.54, 1.807) is 18.3 Å². The topological polar surface area (TPSA) is 62.7 Å². The second kappa shape index (κ2) is 6.34. The van der Waals surface area contributed by atoms with Crippen molar-refractivity contribution in [2.24, 2.45) is 0 Å². The van der Waals surface area contributed by atoms with Gasteiger partial charge in [-0.05, 0) is 37.8 Å². The van der Waals surface area contributed by atoms with E-state index in [-0.39, 0.29) is 25.0 Å². The molecule has 6 heteroatoms. The molecule has 1 saturated heterocycles. The first kappa shape index (κ1) is 14.8. The Morgan fingerprint density at radius 1 is 1.45 bits per heavy atom. The molecule has 1 atom stereocenters. The SMILES string of the molecule is CCC1CCCCN1C(=O)CN1C(=O)COc2cccnc21. The van der Waals surface area contributed by atoms with Crippen LogP contribution in [0.25, 0.3) is 0 Å². The average molecular weight is 303 g/mol. The molecule has 2 aliphatic heterocycles. The standard InChI is InChI=1S/C16H21N3O3/c1-2-12-6-3-4-9-18(12)14(20)10-19-15(21)11-22-13-7-5-8-17-16(13)19/h5,7-8,12H,2-4,6,9-11H2,1H3. The first-order valence-electron chi connectivity index (χ1n) is 7.88. The van der Waals surface area contributed by atoms with Gasteiger partial charge in [0.25, 0.3) is 5.91 Å². The lowest BCUT2D eigenvalue weighted by atomic mass is 10.00. The van der Waals surface area contributed by atoms with Crippen molar-refractivity contribution >= 4 is 17.6 Å². The fourth-order valence-corrected chi connectivity index (χ4v) is 3.18. The number of rotatable bonds is 3. The molecule has 0 spiro atoms. The molecule has 2 aliphatic rings. The molecule has 0 radical (unpaired) electrons. The second-order valence-electron chi connectivity index (χ2n) is 5.74. The maximum absolute atomic E-state index is 12.7. The number of carbonyl (C=O) groups excluding carboxylic acids is 2. The molecule has 3 rings (SSSR count). The van der Waals surface area contributed by atoms with Gasteiger partial charge in [-0.25, -0.2) is 4.98 Å². The predicted molar refractivity (Wildman–Crippen MR) is 81.7 cm³/mol. The highest BCUT2D eigenvalue weighted by Gasteiger charge is 2.32. The molecule has 0 N–H and O–H groups in total. The van der Waals surface area contributed by atoms with Crippen LogP contribution in [0.1, 0.15) is 32.6 Å². The highest BCUT2D eigenvalue weighted by molar-refractivity contribution is 6.01. The van der Waals surface area contributed by atoms with Crippen molar-refractivity contribution in [1.29, 1.82) is 0 Å². The van der Waals surface area contributed by atoms with Crippen molar-refractivity contribution in [3.05, 3.63) is 18.3 Å².